The molecule has 0 saturated heterocycles. The highest BCUT2D eigenvalue weighted by molar-refractivity contribution is 5.88. The van der Waals surface area contributed by atoms with E-state index in [0.717, 1.165) is 12.8 Å². The third kappa shape index (κ3) is 8.59. The van der Waals surface area contributed by atoms with Gasteiger partial charge in [-0.05, 0) is 30.5 Å². The summed E-state index contributed by atoms with van der Waals surface area (Å²) in [5.74, 6) is 6.22. The molecular weight excluding hydrogens is 340 g/mol. The summed E-state index contributed by atoms with van der Waals surface area (Å²) in [4.78, 5) is 22.8. The largest absolute Gasteiger partial charge is 0.481 e. The second kappa shape index (κ2) is 11.4. The normalized spacial score (nSPS) is 9.67. The van der Waals surface area contributed by atoms with Crippen LogP contribution in [0.1, 0.15) is 25.3 Å². The van der Waals surface area contributed by atoms with Crippen LogP contribution in [0.25, 0.3) is 0 Å². The summed E-state index contributed by atoms with van der Waals surface area (Å²) in [7, 11) is 0. The first-order valence-electron chi connectivity index (χ1n) is 8.90. The van der Waals surface area contributed by atoms with Crippen LogP contribution in [0.2, 0.25) is 0 Å². The van der Waals surface area contributed by atoms with Crippen molar-refractivity contribution in [3.63, 3.8) is 0 Å². The molecule has 5 heteroatoms. The highest BCUT2D eigenvalue weighted by Gasteiger charge is 2.00. The summed E-state index contributed by atoms with van der Waals surface area (Å²) in [5.41, 5.74) is 1.92. The van der Waals surface area contributed by atoms with Gasteiger partial charge in [-0.1, -0.05) is 48.2 Å². The van der Waals surface area contributed by atoms with Gasteiger partial charge in [-0.25, -0.2) is 0 Å². The van der Waals surface area contributed by atoms with E-state index in [0.29, 0.717) is 24.4 Å². The molecule has 0 fully saturated rings. The third-order valence-corrected chi connectivity index (χ3v) is 3.68. The molecule has 0 aliphatic carbocycles. The van der Waals surface area contributed by atoms with Gasteiger partial charge < -0.3 is 15.4 Å². The standard InChI is InChI=1S/C22H24N2O3/c1-18(25)24-20-12-8-13-21(17-20)27-16-6-5-15-23-22(26)14-7-11-19-9-3-2-4-10-19/h2-4,8-10,12-13,17H,7,11,14-16H2,1H3,(H,23,26)(H,24,25). The number of hydrogen-bond acceptors (Lipinski definition) is 3. The highest BCUT2D eigenvalue weighted by Crippen LogP contribution is 2.16. The van der Waals surface area contributed by atoms with Crippen molar-refractivity contribution in [1.29, 1.82) is 0 Å². The fraction of sp³-hybridized carbons (Fsp3) is 0.273. The average Bonchev–Trinajstić information content (AvgIpc) is 2.65. The number of nitrogens with one attached hydrogen (secondary N) is 2. The Bertz CT molecular complexity index is 807. The molecule has 0 spiro atoms. The van der Waals surface area contributed by atoms with Gasteiger partial charge in [0.2, 0.25) is 11.8 Å². The lowest BCUT2D eigenvalue weighted by molar-refractivity contribution is -0.121. The van der Waals surface area contributed by atoms with Crippen LogP contribution >= 0.6 is 0 Å². The molecule has 0 atom stereocenters. The zero-order chi connectivity index (χ0) is 19.3. The Morgan fingerprint density at radius 2 is 1.85 bits per heavy atom. The summed E-state index contributed by atoms with van der Waals surface area (Å²) in [6.45, 7) is 1.97. The predicted molar refractivity (Wildman–Crippen MR) is 106 cm³/mol. The molecule has 2 N–H and O–H groups in total. The number of aryl methyl sites for hydroxylation is 1. The van der Waals surface area contributed by atoms with Crippen LogP contribution in [0.5, 0.6) is 5.75 Å². The lowest BCUT2D eigenvalue weighted by Crippen LogP contribution is -2.23. The number of hydrogen-bond donors (Lipinski definition) is 2. The van der Waals surface area contributed by atoms with Crippen LogP contribution in [0.4, 0.5) is 5.69 Å². The quantitative estimate of drug-likeness (QED) is 0.707. The fourth-order valence-corrected chi connectivity index (χ4v) is 2.43. The third-order valence-electron chi connectivity index (χ3n) is 3.68. The van der Waals surface area contributed by atoms with E-state index in [4.69, 9.17) is 4.74 Å². The molecule has 5 nitrogen and oxygen atoms in total. The van der Waals surface area contributed by atoms with Gasteiger partial charge in [0, 0.05) is 25.1 Å². The number of amides is 2. The minimum Gasteiger partial charge on any atom is -0.481 e. The van der Waals surface area contributed by atoms with Crippen molar-refractivity contribution in [2.45, 2.75) is 26.2 Å². The van der Waals surface area contributed by atoms with Crippen molar-refractivity contribution >= 4 is 17.5 Å². The van der Waals surface area contributed by atoms with Gasteiger partial charge in [0.15, 0.2) is 0 Å². The van der Waals surface area contributed by atoms with Crippen LogP contribution in [-0.2, 0) is 16.0 Å². The molecule has 0 radical (unpaired) electrons. The zero-order valence-corrected chi connectivity index (χ0v) is 15.5. The summed E-state index contributed by atoms with van der Waals surface area (Å²) in [6, 6.07) is 17.2. The molecule has 2 aromatic rings. The molecule has 2 amide bonds. The Labute approximate surface area is 160 Å². The van der Waals surface area contributed by atoms with Crippen molar-refractivity contribution in [2.75, 3.05) is 18.5 Å². The van der Waals surface area contributed by atoms with Gasteiger partial charge in [0.05, 0.1) is 6.54 Å². The van der Waals surface area contributed by atoms with Crippen molar-refractivity contribution < 1.29 is 14.3 Å². The van der Waals surface area contributed by atoms with E-state index in [-0.39, 0.29) is 18.4 Å². The summed E-state index contributed by atoms with van der Waals surface area (Å²) < 4.78 is 5.51. The summed E-state index contributed by atoms with van der Waals surface area (Å²) >= 11 is 0. The first-order chi connectivity index (χ1) is 13.1. The molecule has 2 rings (SSSR count). The van der Waals surface area contributed by atoms with E-state index in [2.05, 4.69) is 34.6 Å². The molecule has 0 bridgehead atoms. The number of carbonyl (C=O) groups is 2. The Balaban J connectivity index is 1.60. The van der Waals surface area contributed by atoms with E-state index in [9.17, 15) is 9.59 Å². The van der Waals surface area contributed by atoms with Crippen molar-refractivity contribution in [2.24, 2.45) is 0 Å². The van der Waals surface area contributed by atoms with Crippen molar-refractivity contribution in [3.8, 4) is 17.6 Å². The molecule has 0 aliphatic rings. The van der Waals surface area contributed by atoms with E-state index >= 15 is 0 Å². The minimum absolute atomic E-state index is 0.00385. The Morgan fingerprint density at radius 3 is 2.63 bits per heavy atom. The fourth-order valence-electron chi connectivity index (χ4n) is 2.43. The molecule has 0 unspecified atom stereocenters. The first-order valence-corrected chi connectivity index (χ1v) is 8.90. The number of rotatable bonds is 8. The average molecular weight is 364 g/mol. The SMILES string of the molecule is CC(=O)Nc1cccc(OCC#CCNC(=O)CCCc2ccccc2)c1. The van der Waals surface area contributed by atoms with Crippen molar-refractivity contribution in [3.05, 3.63) is 60.2 Å². The molecule has 0 saturated carbocycles. The van der Waals surface area contributed by atoms with E-state index < -0.39 is 0 Å². The van der Waals surface area contributed by atoms with Crippen LogP contribution < -0.4 is 15.4 Å². The smallest absolute Gasteiger partial charge is 0.221 e. The van der Waals surface area contributed by atoms with Gasteiger partial charge in [0.1, 0.15) is 12.4 Å². The maximum Gasteiger partial charge on any atom is 0.221 e. The van der Waals surface area contributed by atoms with Crippen LogP contribution in [0.3, 0.4) is 0 Å². The lowest BCUT2D eigenvalue weighted by Gasteiger charge is -2.05. The predicted octanol–water partition coefficient (Wildman–Crippen LogP) is 3.17. The number of carbonyl (C=O) groups excluding carboxylic acids is 2. The van der Waals surface area contributed by atoms with Crippen molar-refractivity contribution in [1.82, 2.24) is 5.32 Å². The summed E-state index contributed by atoms with van der Waals surface area (Å²) in [5, 5.41) is 5.48. The van der Waals surface area contributed by atoms with Crippen LogP contribution in [-0.4, -0.2) is 25.0 Å². The molecule has 0 aliphatic heterocycles. The second-order valence-corrected chi connectivity index (χ2v) is 5.97. The topological polar surface area (TPSA) is 67.4 Å². The number of anilines is 1. The number of benzene rings is 2. The Hall–Kier alpha value is -3.26. The Morgan fingerprint density at radius 1 is 1.04 bits per heavy atom. The minimum atomic E-state index is -0.133. The second-order valence-electron chi connectivity index (χ2n) is 5.97. The molecule has 140 valence electrons. The van der Waals surface area contributed by atoms with E-state index in [1.165, 1.54) is 12.5 Å². The van der Waals surface area contributed by atoms with Gasteiger partial charge in [-0.2, -0.15) is 0 Å². The molecule has 0 aromatic heterocycles. The van der Waals surface area contributed by atoms with E-state index in [1.54, 1.807) is 24.3 Å². The maximum absolute atomic E-state index is 11.8. The monoisotopic (exact) mass is 364 g/mol. The molecule has 2 aromatic carbocycles. The maximum atomic E-state index is 11.8. The molecule has 0 heterocycles. The molecular formula is C22H24N2O3. The first kappa shape index (κ1) is 20.1. The lowest BCUT2D eigenvalue weighted by atomic mass is 10.1. The highest BCUT2D eigenvalue weighted by atomic mass is 16.5. The van der Waals surface area contributed by atoms with Crippen LogP contribution in [0.15, 0.2) is 54.6 Å². The Kier molecular flexibility index (Phi) is 8.45. The zero-order valence-electron chi connectivity index (χ0n) is 15.5. The summed E-state index contributed by atoms with van der Waals surface area (Å²) in [6.07, 6.45) is 2.20. The van der Waals surface area contributed by atoms with E-state index in [1.807, 2.05) is 18.2 Å². The number of ether oxygens (including phenoxy) is 1. The van der Waals surface area contributed by atoms with Gasteiger partial charge in [-0.15, -0.1) is 0 Å². The van der Waals surface area contributed by atoms with Gasteiger partial charge in [0.25, 0.3) is 0 Å². The molecule has 27 heavy (non-hydrogen) atoms. The van der Waals surface area contributed by atoms with Crippen LogP contribution in [0, 0.1) is 11.8 Å². The van der Waals surface area contributed by atoms with Gasteiger partial charge >= 0.3 is 0 Å². The van der Waals surface area contributed by atoms with Gasteiger partial charge in [-0.3, -0.25) is 9.59 Å².